The van der Waals surface area contributed by atoms with Gasteiger partial charge in [-0.25, -0.2) is 0 Å². The van der Waals surface area contributed by atoms with Crippen molar-refractivity contribution in [1.29, 1.82) is 0 Å². The second kappa shape index (κ2) is 5.32. The topological polar surface area (TPSA) is 55.1 Å². The van der Waals surface area contributed by atoms with Crippen molar-refractivity contribution in [3.05, 3.63) is 35.4 Å². The van der Waals surface area contributed by atoms with Crippen molar-refractivity contribution in [2.75, 3.05) is 6.54 Å². The van der Waals surface area contributed by atoms with E-state index in [9.17, 15) is 4.79 Å². The molecule has 0 aliphatic carbocycles. The van der Waals surface area contributed by atoms with Crippen LogP contribution in [0.1, 0.15) is 31.9 Å². The van der Waals surface area contributed by atoms with Crippen LogP contribution in [0.5, 0.6) is 0 Å². The van der Waals surface area contributed by atoms with Crippen LogP contribution < -0.4 is 11.1 Å². The third kappa shape index (κ3) is 3.56. The van der Waals surface area contributed by atoms with E-state index in [1.807, 2.05) is 12.1 Å². The molecule has 1 aromatic rings. The Morgan fingerprint density at radius 2 is 2.00 bits per heavy atom. The Morgan fingerprint density at radius 1 is 1.41 bits per heavy atom. The van der Waals surface area contributed by atoms with Gasteiger partial charge in [-0.05, 0) is 25.0 Å². The fourth-order valence-electron chi connectivity index (χ4n) is 1.90. The third-order valence-corrected chi connectivity index (χ3v) is 2.99. The lowest BCUT2D eigenvalue weighted by atomic mass is 9.82. The molecule has 0 unspecified atom stereocenters. The van der Waals surface area contributed by atoms with E-state index in [1.54, 1.807) is 6.92 Å². The van der Waals surface area contributed by atoms with E-state index in [-0.39, 0.29) is 11.3 Å². The predicted molar refractivity (Wildman–Crippen MR) is 70.9 cm³/mol. The van der Waals surface area contributed by atoms with Gasteiger partial charge in [-0.2, -0.15) is 0 Å². The highest BCUT2D eigenvalue weighted by molar-refractivity contribution is 5.81. The van der Waals surface area contributed by atoms with E-state index in [2.05, 4.69) is 38.2 Å². The Kier molecular flexibility index (Phi) is 4.29. The Labute approximate surface area is 103 Å². The van der Waals surface area contributed by atoms with Crippen LogP contribution in [0.2, 0.25) is 0 Å². The van der Waals surface area contributed by atoms with Crippen LogP contribution >= 0.6 is 0 Å². The molecule has 0 saturated carbocycles. The zero-order valence-corrected chi connectivity index (χ0v) is 11.1. The van der Waals surface area contributed by atoms with Gasteiger partial charge in [0.15, 0.2) is 0 Å². The zero-order chi connectivity index (χ0) is 13.1. The van der Waals surface area contributed by atoms with Crippen molar-refractivity contribution in [3.63, 3.8) is 0 Å². The van der Waals surface area contributed by atoms with Crippen molar-refractivity contribution in [2.45, 2.75) is 39.2 Å². The van der Waals surface area contributed by atoms with E-state index < -0.39 is 6.04 Å². The number of nitrogens with one attached hydrogen (secondary N) is 1. The summed E-state index contributed by atoms with van der Waals surface area (Å²) in [7, 11) is 0. The fraction of sp³-hybridized carbons (Fsp3) is 0.500. The lowest BCUT2D eigenvalue weighted by molar-refractivity contribution is -0.122. The molecule has 0 bridgehead atoms. The van der Waals surface area contributed by atoms with Crippen LogP contribution in [0.4, 0.5) is 0 Å². The van der Waals surface area contributed by atoms with E-state index in [0.29, 0.717) is 6.54 Å². The summed E-state index contributed by atoms with van der Waals surface area (Å²) in [6.07, 6.45) is 0. The number of hydrogen-bond acceptors (Lipinski definition) is 2. The Bertz CT molecular complexity index is 397. The van der Waals surface area contributed by atoms with Crippen LogP contribution in [0, 0.1) is 6.92 Å². The summed E-state index contributed by atoms with van der Waals surface area (Å²) in [6.45, 7) is 8.62. The number of rotatable bonds is 4. The first-order valence-electron chi connectivity index (χ1n) is 5.94. The molecule has 0 radical (unpaired) electrons. The van der Waals surface area contributed by atoms with Crippen molar-refractivity contribution < 1.29 is 4.79 Å². The largest absolute Gasteiger partial charge is 0.354 e. The second-order valence-corrected chi connectivity index (χ2v) is 5.21. The summed E-state index contributed by atoms with van der Waals surface area (Å²) < 4.78 is 0. The highest BCUT2D eigenvalue weighted by atomic mass is 16.2. The predicted octanol–water partition coefficient (Wildman–Crippen LogP) is 1.74. The van der Waals surface area contributed by atoms with Crippen molar-refractivity contribution >= 4 is 5.91 Å². The number of nitrogens with two attached hydrogens (primary N) is 1. The zero-order valence-electron chi connectivity index (χ0n) is 11.1. The normalized spacial score (nSPS) is 13.2. The molecule has 94 valence electrons. The number of carbonyl (C=O) groups is 1. The first kappa shape index (κ1) is 13.7. The minimum absolute atomic E-state index is 0.0874. The van der Waals surface area contributed by atoms with Crippen LogP contribution in [-0.2, 0) is 10.2 Å². The van der Waals surface area contributed by atoms with Crippen LogP contribution in [0.25, 0.3) is 0 Å². The SMILES string of the molecule is Cc1ccccc1C(C)(C)CNC(=O)[C@@H](C)N. The van der Waals surface area contributed by atoms with E-state index in [1.165, 1.54) is 11.1 Å². The smallest absolute Gasteiger partial charge is 0.236 e. The van der Waals surface area contributed by atoms with Crippen LogP contribution in [0.15, 0.2) is 24.3 Å². The van der Waals surface area contributed by atoms with Gasteiger partial charge in [0.05, 0.1) is 6.04 Å². The van der Waals surface area contributed by atoms with Gasteiger partial charge in [-0.1, -0.05) is 38.1 Å². The summed E-state index contributed by atoms with van der Waals surface area (Å²) in [5.74, 6) is -0.105. The molecule has 0 saturated heterocycles. The quantitative estimate of drug-likeness (QED) is 0.833. The summed E-state index contributed by atoms with van der Waals surface area (Å²) in [5, 5.41) is 2.88. The molecule has 0 fully saturated rings. The molecular weight excluding hydrogens is 212 g/mol. The van der Waals surface area contributed by atoms with Crippen LogP contribution in [0.3, 0.4) is 0 Å². The number of carbonyl (C=O) groups excluding carboxylic acids is 1. The maximum absolute atomic E-state index is 11.5. The molecule has 0 aliphatic heterocycles. The molecule has 3 nitrogen and oxygen atoms in total. The van der Waals surface area contributed by atoms with Gasteiger partial charge in [-0.3, -0.25) is 4.79 Å². The van der Waals surface area contributed by atoms with Crippen molar-refractivity contribution in [3.8, 4) is 0 Å². The fourth-order valence-corrected chi connectivity index (χ4v) is 1.90. The van der Waals surface area contributed by atoms with E-state index in [0.717, 1.165) is 0 Å². The average molecular weight is 234 g/mol. The Balaban J connectivity index is 2.76. The summed E-state index contributed by atoms with van der Waals surface area (Å²) in [4.78, 5) is 11.5. The Morgan fingerprint density at radius 3 is 2.53 bits per heavy atom. The third-order valence-electron chi connectivity index (χ3n) is 2.99. The van der Waals surface area contributed by atoms with Gasteiger partial charge in [0.1, 0.15) is 0 Å². The summed E-state index contributed by atoms with van der Waals surface area (Å²) in [5.41, 5.74) is 7.93. The molecule has 0 heterocycles. The summed E-state index contributed by atoms with van der Waals surface area (Å²) in [6, 6.07) is 7.78. The van der Waals surface area contributed by atoms with Gasteiger partial charge in [-0.15, -0.1) is 0 Å². The van der Waals surface area contributed by atoms with Crippen molar-refractivity contribution in [2.24, 2.45) is 5.73 Å². The van der Waals surface area contributed by atoms with Crippen molar-refractivity contribution in [1.82, 2.24) is 5.32 Å². The number of hydrogen-bond donors (Lipinski definition) is 2. The highest BCUT2D eigenvalue weighted by Crippen LogP contribution is 2.25. The minimum Gasteiger partial charge on any atom is -0.354 e. The molecule has 0 spiro atoms. The molecule has 1 amide bonds. The molecular formula is C14H22N2O. The molecule has 1 aromatic carbocycles. The van der Waals surface area contributed by atoms with Crippen LogP contribution in [-0.4, -0.2) is 18.5 Å². The molecule has 0 aliphatic rings. The highest BCUT2D eigenvalue weighted by Gasteiger charge is 2.23. The first-order valence-corrected chi connectivity index (χ1v) is 5.94. The number of aryl methyl sites for hydroxylation is 1. The Hall–Kier alpha value is -1.35. The van der Waals surface area contributed by atoms with Gasteiger partial charge < -0.3 is 11.1 Å². The van der Waals surface area contributed by atoms with E-state index in [4.69, 9.17) is 5.73 Å². The molecule has 1 rings (SSSR count). The molecule has 0 aromatic heterocycles. The maximum atomic E-state index is 11.5. The molecule has 17 heavy (non-hydrogen) atoms. The number of benzene rings is 1. The van der Waals surface area contributed by atoms with Gasteiger partial charge in [0.2, 0.25) is 5.91 Å². The van der Waals surface area contributed by atoms with Gasteiger partial charge in [0, 0.05) is 12.0 Å². The molecule has 1 atom stereocenters. The molecule has 3 N–H and O–H groups in total. The average Bonchev–Trinajstić information content (AvgIpc) is 2.26. The second-order valence-electron chi connectivity index (χ2n) is 5.21. The monoisotopic (exact) mass is 234 g/mol. The van der Waals surface area contributed by atoms with E-state index >= 15 is 0 Å². The van der Waals surface area contributed by atoms with Gasteiger partial charge >= 0.3 is 0 Å². The maximum Gasteiger partial charge on any atom is 0.236 e. The first-order chi connectivity index (χ1) is 7.84. The van der Waals surface area contributed by atoms with Gasteiger partial charge in [0.25, 0.3) is 0 Å². The minimum atomic E-state index is -0.456. The summed E-state index contributed by atoms with van der Waals surface area (Å²) >= 11 is 0. The lowest BCUT2D eigenvalue weighted by Crippen LogP contribution is -2.44. The molecule has 3 heteroatoms. The number of amides is 1. The lowest BCUT2D eigenvalue weighted by Gasteiger charge is -2.27. The standard InChI is InChI=1S/C14H22N2O/c1-10-7-5-6-8-12(10)14(3,4)9-16-13(17)11(2)15/h5-8,11H,9,15H2,1-4H3,(H,16,17)/t11-/m1/s1.